The van der Waals surface area contributed by atoms with Gasteiger partial charge in [-0.3, -0.25) is 43.2 Å². The Kier molecular flexibility index (Phi) is 38.9. The summed E-state index contributed by atoms with van der Waals surface area (Å²) in [4.78, 5) is 106. The number of rotatable bonds is 26. The van der Waals surface area contributed by atoms with Gasteiger partial charge in [-0.2, -0.15) is 23.5 Å². The molecule has 16 nitrogen and oxygen atoms in total. The maximum absolute atomic E-state index is 12.7. The van der Waals surface area contributed by atoms with Crippen LogP contribution in [0.25, 0.3) is 0 Å². The summed E-state index contributed by atoms with van der Waals surface area (Å²) in [5.74, 6) is -0.840. The minimum atomic E-state index is -0.635. The largest absolute Gasteiger partial charge is 0.469 e. The number of esters is 2. The summed E-state index contributed by atoms with van der Waals surface area (Å²) in [7, 11) is 2.49. The Balaban J connectivity index is -0.000000958. The molecule has 61 heavy (non-hydrogen) atoms. The molecule has 1 aliphatic rings. The Morgan fingerprint density at radius 3 is 1.44 bits per heavy atom. The van der Waals surface area contributed by atoms with Crippen molar-refractivity contribution in [3.05, 3.63) is 0 Å². The van der Waals surface area contributed by atoms with Gasteiger partial charge in [0, 0.05) is 37.5 Å². The fraction of sp³-hybridized carbons (Fsp3) is 0.791. The molecule has 0 aromatic carbocycles. The number of ether oxygens (including phenoxy) is 2. The minimum Gasteiger partial charge on any atom is -0.469 e. The zero-order chi connectivity index (χ0) is 47.5. The maximum Gasteiger partial charge on any atom is 0.305 e. The van der Waals surface area contributed by atoms with Crippen molar-refractivity contribution in [2.24, 2.45) is 29.4 Å². The molecule has 0 spiro atoms. The second-order valence-corrected chi connectivity index (χ2v) is 18.1. The van der Waals surface area contributed by atoms with Crippen LogP contribution in [0.2, 0.25) is 0 Å². The molecule has 0 bridgehead atoms. The number of hydrogen-bond donors (Lipinski definition) is 5. The lowest BCUT2D eigenvalue weighted by Gasteiger charge is -2.21. The summed E-state index contributed by atoms with van der Waals surface area (Å²) in [6, 6.07) is -1.46. The highest BCUT2D eigenvalue weighted by Gasteiger charge is 2.29. The van der Waals surface area contributed by atoms with Crippen molar-refractivity contribution in [2.45, 2.75) is 138 Å². The molecule has 1 saturated heterocycles. The molecule has 1 fully saturated rings. The summed E-state index contributed by atoms with van der Waals surface area (Å²) < 4.78 is 8.90. The first-order valence-corrected chi connectivity index (χ1v) is 23.9. The number of nitrogens with one attached hydrogen (secondary N) is 4. The van der Waals surface area contributed by atoms with Gasteiger partial charge in [-0.25, -0.2) is 0 Å². The van der Waals surface area contributed by atoms with E-state index in [2.05, 4.69) is 72.3 Å². The number of thioether (sulfide) groups is 2. The summed E-state index contributed by atoms with van der Waals surface area (Å²) in [6.07, 6.45) is 6.60. The summed E-state index contributed by atoms with van der Waals surface area (Å²) >= 11 is 3.19. The smallest absolute Gasteiger partial charge is 0.305 e. The molecular formula is C43H79N5O11S2. The molecule has 5 atom stereocenters. The van der Waals surface area contributed by atoms with E-state index in [1.54, 1.807) is 37.4 Å². The molecule has 0 aliphatic carbocycles. The van der Waals surface area contributed by atoms with Crippen LogP contribution in [0.3, 0.4) is 0 Å². The van der Waals surface area contributed by atoms with Crippen LogP contribution in [0.15, 0.2) is 0 Å². The number of nitrogens with two attached hydrogens (primary N) is 1. The van der Waals surface area contributed by atoms with Gasteiger partial charge >= 0.3 is 11.9 Å². The molecule has 1 heterocycles. The third-order valence-electron chi connectivity index (χ3n) is 8.24. The number of amides is 3. The van der Waals surface area contributed by atoms with Crippen molar-refractivity contribution in [2.75, 3.05) is 57.9 Å². The van der Waals surface area contributed by atoms with Crippen LogP contribution in [-0.2, 0) is 52.6 Å². The average molecular weight is 906 g/mol. The first-order valence-electron chi connectivity index (χ1n) is 21.1. The molecule has 6 N–H and O–H groups in total. The lowest BCUT2D eigenvalue weighted by atomic mass is 9.97. The predicted molar refractivity (Wildman–Crippen MR) is 244 cm³/mol. The van der Waals surface area contributed by atoms with Crippen LogP contribution in [0, 0.1) is 23.7 Å². The van der Waals surface area contributed by atoms with Gasteiger partial charge in [-0.15, -0.1) is 0 Å². The van der Waals surface area contributed by atoms with Crippen LogP contribution < -0.4 is 27.0 Å². The van der Waals surface area contributed by atoms with Crippen LogP contribution in [0.1, 0.15) is 120 Å². The molecular weight excluding hydrogens is 827 g/mol. The van der Waals surface area contributed by atoms with E-state index in [0.29, 0.717) is 18.6 Å². The first kappa shape index (κ1) is 61.9. The monoisotopic (exact) mass is 906 g/mol. The highest BCUT2D eigenvalue weighted by molar-refractivity contribution is 7.98. The number of carbonyl (C=O) groups is 9. The lowest BCUT2D eigenvalue weighted by molar-refractivity contribution is -0.142. The molecule has 0 aromatic heterocycles. The van der Waals surface area contributed by atoms with Gasteiger partial charge in [0.25, 0.3) is 0 Å². The van der Waals surface area contributed by atoms with Gasteiger partial charge < -0.3 is 36.5 Å². The number of carbonyl (C=O) groups excluding carboxylic acids is 9. The highest BCUT2D eigenvalue weighted by Crippen LogP contribution is 2.12. The van der Waals surface area contributed by atoms with Crippen molar-refractivity contribution < 1.29 is 52.6 Å². The Morgan fingerprint density at radius 2 is 1.07 bits per heavy atom. The number of Topliss-reactive ketones (excluding diaryl/α,β-unsaturated/α-hetero) is 4. The second-order valence-electron chi connectivity index (χ2n) is 16.2. The predicted octanol–water partition coefficient (Wildman–Crippen LogP) is 3.84. The Hall–Kier alpha value is -3.35. The summed E-state index contributed by atoms with van der Waals surface area (Å²) in [5.41, 5.74) is 5.76. The fourth-order valence-electron chi connectivity index (χ4n) is 4.80. The third kappa shape index (κ3) is 37.0. The van der Waals surface area contributed by atoms with Gasteiger partial charge in [0.05, 0.1) is 58.3 Å². The van der Waals surface area contributed by atoms with E-state index < -0.39 is 41.8 Å². The van der Waals surface area contributed by atoms with Gasteiger partial charge in [-0.05, 0) is 68.1 Å². The van der Waals surface area contributed by atoms with Gasteiger partial charge in [0.15, 0.2) is 17.3 Å². The standard InChI is InChI=1S/C20H33N3O6S.C15H26N2O5S.2C4H10/c1-13(19(27)22-12-14(24)6-7-18(26)29-2)11-17(25)15(8-10-30-3)23-20(28)16-5-4-9-21-16;1-10(8-13(19)12(16)6-7-23-3)15(21)17-9-11(18)4-5-14(20)22-2;2*1-4(2)3/h13,15-16,21H,4-12H2,1-3H3,(H,22,27)(H,23,28);10,12H,4-9,16H2,1-3H3,(H,17,21);2*4H,1-3H3/t13-,15+,16+;10-,12+;;/m11../s1. The molecule has 1 aliphatic heterocycles. The SMILES string of the molecule is CC(C)C.CC(C)C.COC(=O)CCC(=O)CNC(=O)[C@H](C)CC(=O)[C@@H](N)CCSC.COC(=O)CCC(=O)CNC(=O)[C@H](C)CC(=O)[C@H](CCSC)NC(=O)[C@@H]1CCCN1. The average Bonchev–Trinajstić information content (AvgIpc) is 3.75. The summed E-state index contributed by atoms with van der Waals surface area (Å²) in [5, 5.41) is 10.9. The normalized spacial score (nSPS) is 14.8. The van der Waals surface area contributed by atoms with E-state index in [-0.39, 0.29) is 92.6 Å². The van der Waals surface area contributed by atoms with E-state index in [1.165, 1.54) is 14.2 Å². The third-order valence-corrected chi connectivity index (χ3v) is 9.53. The second kappa shape index (κ2) is 38.3. The van der Waals surface area contributed by atoms with Crippen molar-refractivity contribution in [3.8, 4) is 0 Å². The molecule has 354 valence electrons. The Morgan fingerprint density at radius 1 is 0.656 bits per heavy atom. The van der Waals surface area contributed by atoms with E-state index >= 15 is 0 Å². The van der Waals surface area contributed by atoms with Crippen LogP contribution in [0.5, 0.6) is 0 Å². The molecule has 1 rings (SSSR count). The van der Waals surface area contributed by atoms with E-state index in [0.717, 1.165) is 37.0 Å². The number of methoxy groups -OCH3 is 2. The van der Waals surface area contributed by atoms with E-state index in [4.69, 9.17) is 5.73 Å². The molecule has 0 aromatic rings. The zero-order valence-electron chi connectivity index (χ0n) is 39.0. The van der Waals surface area contributed by atoms with E-state index in [1.807, 2.05) is 12.5 Å². The number of hydrogen-bond acceptors (Lipinski definition) is 15. The highest BCUT2D eigenvalue weighted by atomic mass is 32.2. The van der Waals surface area contributed by atoms with Gasteiger partial charge in [0.1, 0.15) is 5.78 Å². The quantitative estimate of drug-likeness (QED) is 0.0775. The molecule has 0 saturated carbocycles. The minimum absolute atomic E-state index is 0.0104. The molecule has 0 unspecified atom stereocenters. The maximum atomic E-state index is 12.7. The number of ketones is 4. The Labute approximate surface area is 374 Å². The van der Waals surface area contributed by atoms with Gasteiger partial charge in [0.2, 0.25) is 17.7 Å². The van der Waals surface area contributed by atoms with Crippen LogP contribution >= 0.6 is 23.5 Å². The van der Waals surface area contributed by atoms with Crippen molar-refractivity contribution in [3.63, 3.8) is 0 Å². The van der Waals surface area contributed by atoms with Crippen molar-refractivity contribution in [1.82, 2.24) is 21.3 Å². The molecule has 3 amide bonds. The van der Waals surface area contributed by atoms with Crippen molar-refractivity contribution in [1.29, 1.82) is 0 Å². The molecule has 18 heteroatoms. The first-order chi connectivity index (χ1) is 28.6. The zero-order valence-corrected chi connectivity index (χ0v) is 40.7. The lowest BCUT2D eigenvalue weighted by Crippen LogP contribution is -2.49. The topological polar surface area (TPSA) is 246 Å². The van der Waals surface area contributed by atoms with Crippen LogP contribution in [-0.4, -0.2) is 129 Å². The Bertz CT molecular complexity index is 1320. The van der Waals surface area contributed by atoms with Crippen molar-refractivity contribution >= 4 is 76.3 Å². The molecule has 0 radical (unpaired) electrons. The van der Waals surface area contributed by atoms with Gasteiger partial charge in [-0.1, -0.05) is 55.4 Å². The van der Waals surface area contributed by atoms with Crippen LogP contribution in [0.4, 0.5) is 0 Å². The summed E-state index contributed by atoms with van der Waals surface area (Å²) in [6.45, 7) is 16.7. The fourth-order valence-corrected chi connectivity index (χ4v) is 5.76. The van der Waals surface area contributed by atoms with E-state index in [9.17, 15) is 43.2 Å².